The second-order valence-corrected chi connectivity index (χ2v) is 8.48. The van der Waals surface area contributed by atoms with Gasteiger partial charge in [0.15, 0.2) is 11.0 Å². The molecule has 0 unspecified atom stereocenters. The Kier molecular flexibility index (Phi) is 4.77. The van der Waals surface area contributed by atoms with Gasteiger partial charge in [-0.25, -0.2) is 13.1 Å². The minimum absolute atomic E-state index is 0.173. The molecule has 23 heavy (non-hydrogen) atoms. The van der Waals surface area contributed by atoms with E-state index in [1.54, 1.807) is 22.4 Å². The van der Waals surface area contributed by atoms with Crippen molar-refractivity contribution in [1.29, 1.82) is 0 Å². The molecule has 9 heteroatoms. The highest BCUT2D eigenvalue weighted by atomic mass is 35.5. The zero-order valence-corrected chi connectivity index (χ0v) is 14.5. The highest BCUT2D eigenvalue weighted by Crippen LogP contribution is 2.21. The molecule has 1 amide bonds. The molecular formula is C14H15ClN2O4S2. The standard InChI is InChI=1S/C14H15ClN2O4S2/c15-12-4-3-11(21-12)14(18)17-7-5-10(6-8-17)16-23(19,20)13-2-1-9-22-13/h1-4,9-10,16H,5-8H2. The first-order valence-corrected chi connectivity index (χ1v) is 9.80. The summed E-state index contributed by atoms with van der Waals surface area (Å²) >= 11 is 6.86. The number of amides is 1. The third-order valence-corrected chi connectivity index (χ3v) is 6.77. The number of carbonyl (C=O) groups excluding carboxylic acids is 1. The van der Waals surface area contributed by atoms with E-state index >= 15 is 0 Å². The molecule has 3 rings (SSSR count). The van der Waals surface area contributed by atoms with E-state index in [1.807, 2.05) is 0 Å². The lowest BCUT2D eigenvalue weighted by atomic mass is 10.1. The maximum atomic E-state index is 12.2. The number of piperidine rings is 1. The van der Waals surface area contributed by atoms with Gasteiger partial charge in [0.25, 0.3) is 5.91 Å². The van der Waals surface area contributed by atoms with Crippen molar-refractivity contribution in [3.63, 3.8) is 0 Å². The van der Waals surface area contributed by atoms with Crippen molar-refractivity contribution in [1.82, 2.24) is 9.62 Å². The molecule has 2 aromatic rings. The second kappa shape index (κ2) is 6.64. The molecule has 0 radical (unpaired) electrons. The average Bonchev–Trinajstić information content (AvgIpc) is 3.18. The van der Waals surface area contributed by atoms with Crippen molar-refractivity contribution in [2.45, 2.75) is 23.1 Å². The second-order valence-electron chi connectivity index (χ2n) is 5.22. The number of rotatable bonds is 4. The number of carbonyl (C=O) groups is 1. The van der Waals surface area contributed by atoms with Crippen LogP contribution in [-0.4, -0.2) is 38.4 Å². The number of hydrogen-bond acceptors (Lipinski definition) is 5. The fraction of sp³-hybridized carbons (Fsp3) is 0.357. The van der Waals surface area contributed by atoms with Crippen LogP contribution in [0.2, 0.25) is 5.22 Å². The maximum absolute atomic E-state index is 12.2. The Labute approximate surface area is 143 Å². The maximum Gasteiger partial charge on any atom is 0.289 e. The fourth-order valence-electron chi connectivity index (χ4n) is 2.48. The van der Waals surface area contributed by atoms with Crippen LogP contribution >= 0.6 is 22.9 Å². The molecule has 0 saturated carbocycles. The molecule has 1 saturated heterocycles. The van der Waals surface area contributed by atoms with E-state index in [4.69, 9.17) is 16.0 Å². The molecule has 1 fully saturated rings. The van der Waals surface area contributed by atoms with Crippen LogP contribution in [0.15, 0.2) is 38.3 Å². The van der Waals surface area contributed by atoms with Gasteiger partial charge < -0.3 is 9.32 Å². The highest BCUT2D eigenvalue weighted by molar-refractivity contribution is 7.91. The summed E-state index contributed by atoms with van der Waals surface area (Å²) in [7, 11) is -3.47. The lowest BCUT2D eigenvalue weighted by molar-refractivity contribution is 0.0679. The first-order chi connectivity index (χ1) is 11.0. The first kappa shape index (κ1) is 16.5. The van der Waals surface area contributed by atoms with Crippen LogP contribution in [0.5, 0.6) is 0 Å². The van der Waals surface area contributed by atoms with Crippen molar-refractivity contribution in [2.75, 3.05) is 13.1 Å². The van der Waals surface area contributed by atoms with Gasteiger partial charge in [-0.2, -0.15) is 0 Å². The van der Waals surface area contributed by atoms with Gasteiger partial charge in [0, 0.05) is 19.1 Å². The summed E-state index contributed by atoms with van der Waals surface area (Å²) in [5.41, 5.74) is 0. The largest absolute Gasteiger partial charge is 0.440 e. The van der Waals surface area contributed by atoms with Crippen molar-refractivity contribution in [3.05, 3.63) is 40.6 Å². The van der Waals surface area contributed by atoms with E-state index in [2.05, 4.69) is 4.72 Å². The monoisotopic (exact) mass is 374 g/mol. The van der Waals surface area contributed by atoms with Crippen LogP contribution in [0.1, 0.15) is 23.4 Å². The molecule has 0 atom stereocenters. The van der Waals surface area contributed by atoms with E-state index in [0.29, 0.717) is 30.1 Å². The van der Waals surface area contributed by atoms with Gasteiger partial charge in [-0.1, -0.05) is 6.07 Å². The molecular weight excluding hydrogens is 360 g/mol. The Morgan fingerprint density at radius 2 is 2.04 bits per heavy atom. The lowest BCUT2D eigenvalue weighted by Crippen LogP contribution is -2.46. The molecule has 6 nitrogen and oxygen atoms in total. The van der Waals surface area contributed by atoms with E-state index in [-0.39, 0.29) is 22.9 Å². The highest BCUT2D eigenvalue weighted by Gasteiger charge is 2.28. The number of nitrogens with one attached hydrogen (secondary N) is 1. The third-order valence-electron chi connectivity index (χ3n) is 3.65. The number of hydrogen-bond donors (Lipinski definition) is 1. The van der Waals surface area contributed by atoms with E-state index in [0.717, 1.165) is 0 Å². The predicted octanol–water partition coefficient (Wildman–Crippen LogP) is 2.58. The Balaban J connectivity index is 1.57. The van der Waals surface area contributed by atoms with Gasteiger partial charge in [-0.3, -0.25) is 4.79 Å². The topological polar surface area (TPSA) is 79.6 Å². The molecule has 1 aliphatic heterocycles. The lowest BCUT2D eigenvalue weighted by Gasteiger charge is -2.31. The van der Waals surface area contributed by atoms with Gasteiger partial charge in [0.1, 0.15) is 4.21 Å². The van der Waals surface area contributed by atoms with Crippen molar-refractivity contribution >= 4 is 38.9 Å². The molecule has 1 N–H and O–H groups in total. The van der Waals surface area contributed by atoms with Crippen LogP contribution in [0.25, 0.3) is 0 Å². The van der Waals surface area contributed by atoms with Crippen molar-refractivity contribution < 1.29 is 17.6 Å². The van der Waals surface area contributed by atoms with Gasteiger partial charge in [-0.05, 0) is 48.0 Å². The van der Waals surface area contributed by atoms with E-state index < -0.39 is 10.0 Å². The van der Waals surface area contributed by atoms with E-state index in [9.17, 15) is 13.2 Å². The number of nitrogens with zero attached hydrogens (tertiary/aromatic N) is 1. The Morgan fingerprint density at radius 1 is 1.30 bits per heavy atom. The molecule has 1 aliphatic rings. The van der Waals surface area contributed by atoms with Crippen LogP contribution < -0.4 is 4.72 Å². The summed E-state index contributed by atoms with van der Waals surface area (Å²) in [6.07, 6.45) is 1.12. The van der Waals surface area contributed by atoms with Crippen LogP contribution in [0, 0.1) is 0 Å². The zero-order chi connectivity index (χ0) is 16.4. The number of likely N-dealkylation sites (tertiary alicyclic amines) is 1. The van der Waals surface area contributed by atoms with Gasteiger partial charge in [0.05, 0.1) is 0 Å². The molecule has 124 valence electrons. The fourth-order valence-corrected chi connectivity index (χ4v) is 4.94. The summed E-state index contributed by atoms with van der Waals surface area (Å²) in [4.78, 5) is 13.9. The predicted molar refractivity (Wildman–Crippen MR) is 87.3 cm³/mol. The number of sulfonamides is 1. The van der Waals surface area contributed by atoms with Crippen LogP contribution in [0.4, 0.5) is 0 Å². The number of furan rings is 1. The minimum Gasteiger partial charge on any atom is -0.440 e. The summed E-state index contributed by atoms with van der Waals surface area (Å²) in [6, 6.07) is 6.17. The average molecular weight is 375 g/mol. The summed E-state index contributed by atoms with van der Waals surface area (Å²) in [5, 5.41) is 1.90. The zero-order valence-electron chi connectivity index (χ0n) is 12.1. The van der Waals surface area contributed by atoms with Crippen LogP contribution in [-0.2, 0) is 10.0 Å². The third kappa shape index (κ3) is 3.77. The van der Waals surface area contributed by atoms with Gasteiger partial charge in [0.2, 0.25) is 10.0 Å². The number of halogens is 1. The molecule has 0 aliphatic carbocycles. The summed E-state index contributed by atoms with van der Waals surface area (Å²) in [5.74, 6) is -0.0240. The van der Waals surface area contributed by atoms with Gasteiger partial charge in [-0.15, -0.1) is 11.3 Å². The van der Waals surface area contributed by atoms with Crippen LogP contribution in [0.3, 0.4) is 0 Å². The Hall–Kier alpha value is -1.35. The van der Waals surface area contributed by atoms with Crippen molar-refractivity contribution in [2.24, 2.45) is 0 Å². The minimum atomic E-state index is -3.47. The molecule has 0 spiro atoms. The Bertz CT molecular complexity index is 778. The van der Waals surface area contributed by atoms with E-state index in [1.165, 1.54) is 23.5 Å². The normalized spacial score (nSPS) is 16.7. The first-order valence-electron chi connectivity index (χ1n) is 7.06. The number of thiophene rings is 1. The quantitative estimate of drug-likeness (QED) is 0.891. The smallest absolute Gasteiger partial charge is 0.289 e. The molecule has 0 aromatic carbocycles. The Morgan fingerprint density at radius 3 is 2.61 bits per heavy atom. The SMILES string of the molecule is O=C(c1ccc(Cl)o1)N1CCC(NS(=O)(=O)c2cccs2)CC1. The molecule has 3 heterocycles. The summed E-state index contributed by atoms with van der Waals surface area (Å²) < 4.78 is 32.5. The van der Waals surface area contributed by atoms with Gasteiger partial charge >= 0.3 is 0 Å². The summed E-state index contributed by atoms with van der Waals surface area (Å²) in [6.45, 7) is 0.934. The molecule has 2 aromatic heterocycles. The van der Waals surface area contributed by atoms with Crippen molar-refractivity contribution in [3.8, 4) is 0 Å². The molecule has 0 bridgehead atoms.